The molecule has 0 saturated heterocycles. The lowest BCUT2D eigenvalue weighted by atomic mass is 10.0. The van der Waals surface area contributed by atoms with Gasteiger partial charge in [-0.1, -0.05) is 30.3 Å². The highest BCUT2D eigenvalue weighted by Gasteiger charge is 2.16. The number of hydrogen-bond acceptors (Lipinski definition) is 1. The van der Waals surface area contributed by atoms with Crippen LogP contribution in [0.3, 0.4) is 0 Å². The standard InChI is InChI=1S/C13H16ClNO/c1-9(12(16)15-13(2,3)4)10-5-7-11(14)8-6-10/h5-8H,1H2,2-4H3,(H,15,16). The van der Waals surface area contributed by atoms with E-state index in [-0.39, 0.29) is 11.4 Å². The Morgan fingerprint density at radius 1 is 1.25 bits per heavy atom. The molecule has 0 heterocycles. The molecule has 0 aromatic heterocycles. The molecule has 2 nitrogen and oxygen atoms in total. The second kappa shape index (κ2) is 4.71. The second-order valence-electron chi connectivity index (χ2n) is 4.69. The SMILES string of the molecule is C=C(C(=O)NC(C)(C)C)c1ccc(Cl)cc1. The Bertz CT molecular complexity index is 401. The fourth-order valence-electron chi connectivity index (χ4n) is 1.20. The normalized spacial score (nSPS) is 11.0. The zero-order valence-electron chi connectivity index (χ0n) is 9.80. The molecule has 0 aliphatic carbocycles. The van der Waals surface area contributed by atoms with Crippen molar-refractivity contribution in [2.75, 3.05) is 0 Å². The van der Waals surface area contributed by atoms with E-state index in [1.54, 1.807) is 24.3 Å². The van der Waals surface area contributed by atoms with Gasteiger partial charge in [0.2, 0.25) is 0 Å². The molecule has 0 saturated carbocycles. The molecule has 86 valence electrons. The summed E-state index contributed by atoms with van der Waals surface area (Å²) in [4.78, 5) is 11.8. The van der Waals surface area contributed by atoms with Gasteiger partial charge in [0.25, 0.3) is 5.91 Å². The molecular formula is C13H16ClNO. The first-order valence-electron chi connectivity index (χ1n) is 5.07. The maximum absolute atomic E-state index is 11.8. The van der Waals surface area contributed by atoms with E-state index in [0.29, 0.717) is 10.6 Å². The van der Waals surface area contributed by atoms with Crippen LogP contribution in [-0.2, 0) is 4.79 Å². The molecular weight excluding hydrogens is 222 g/mol. The van der Waals surface area contributed by atoms with Crippen LogP contribution >= 0.6 is 11.6 Å². The molecule has 0 aliphatic rings. The highest BCUT2D eigenvalue weighted by Crippen LogP contribution is 2.17. The summed E-state index contributed by atoms with van der Waals surface area (Å²) >= 11 is 5.77. The average Bonchev–Trinajstić information content (AvgIpc) is 2.15. The summed E-state index contributed by atoms with van der Waals surface area (Å²) in [5.41, 5.74) is 0.977. The molecule has 1 aromatic carbocycles. The number of nitrogens with one attached hydrogen (secondary N) is 1. The van der Waals surface area contributed by atoms with Gasteiger partial charge in [-0.25, -0.2) is 0 Å². The van der Waals surface area contributed by atoms with Crippen molar-refractivity contribution in [3.8, 4) is 0 Å². The van der Waals surface area contributed by atoms with Gasteiger partial charge in [-0.15, -0.1) is 0 Å². The largest absolute Gasteiger partial charge is 0.347 e. The lowest BCUT2D eigenvalue weighted by molar-refractivity contribution is -0.116. The number of rotatable bonds is 2. The smallest absolute Gasteiger partial charge is 0.251 e. The van der Waals surface area contributed by atoms with Crippen LogP contribution < -0.4 is 5.32 Å². The minimum absolute atomic E-state index is 0.158. The van der Waals surface area contributed by atoms with Gasteiger partial charge in [-0.3, -0.25) is 4.79 Å². The lowest BCUT2D eigenvalue weighted by Crippen LogP contribution is -2.40. The maximum Gasteiger partial charge on any atom is 0.251 e. The predicted molar refractivity (Wildman–Crippen MR) is 68.4 cm³/mol. The van der Waals surface area contributed by atoms with E-state index < -0.39 is 0 Å². The molecule has 0 fully saturated rings. The Hall–Kier alpha value is -1.28. The van der Waals surface area contributed by atoms with Gasteiger partial charge in [0, 0.05) is 16.1 Å². The molecule has 1 N–H and O–H groups in total. The van der Waals surface area contributed by atoms with Crippen molar-refractivity contribution in [2.45, 2.75) is 26.3 Å². The molecule has 1 rings (SSSR count). The van der Waals surface area contributed by atoms with Gasteiger partial charge in [0.1, 0.15) is 0 Å². The minimum atomic E-state index is -0.257. The summed E-state index contributed by atoms with van der Waals surface area (Å²) in [6.45, 7) is 9.58. The molecule has 0 aliphatic heterocycles. The minimum Gasteiger partial charge on any atom is -0.347 e. The molecule has 1 amide bonds. The summed E-state index contributed by atoms with van der Waals surface area (Å²) < 4.78 is 0. The quantitative estimate of drug-likeness (QED) is 0.786. The number of benzene rings is 1. The summed E-state index contributed by atoms with van der Waals surface area (Å²) in [7, 11) is 0. The molecule has 0 atom stereocenters. The summed E-state index contributed by atoms with van der Waals surface area (Å²) in [6.07, 6.45) is 0. The van der Waals surface area contributed by atoms with Crippen LogP contribution in [0.5, 0.6) is 0 Å². The number of carbonyl (C=O) groups excluding carboxylic acids is 1. The van der Waals surface area contributed by atoms with Gasteiger partial charge in [0.05, 0.1) is 0 Å². The van der Waals surface area contributed by atoms with Gasteiger partial charge in [0.15, 0.2) is 0 Å². The molecule has 1 aromatic rings. The Labute approximate surface area is 101 Å². The van der Waals surface area contributed by atoms with Gasteiger partial charge < -0.3 is 5.32 Å². The number of amides is 1. The van der Waals surface area contributed by atoms with Crippen LogP contribution in [0.2, 0.25) is 5.02 Å². The molecule has 0 bridgehead atoms. The first kappa shape index (κ1) is 12.8. The van der Waals surface area contributed by atoms with E-state index in [0.717, 1.165) is 5.56 Å². The number of hydrogen-bond donors (Lipinski definition) is 1. The fraction of sp³-hybridized carbons (Fsp3) is 0.308. The first-order valence-corrected chi connectivity index (χ1v) is 5.45. The zero-order chi connectivity index (χ0) is 12.3. The zero-order valence-corrected chi connectivity index (χ0v) is 10.6. The van der Waals surface area contributed by atoms with Crippen molar-refractivity contribution < 1.29 is 4.79 Å². The third kappa shape index (κ3) is 3.70. The van der Waals surface area contributed by atoms with Gasteiger partial charge in [-0.05, 0) is 38.5 Å². The molecule has 0 radical (unpaired) electrons. The monoisotopic (exact) mass is 237 g/mol. The van der Waals surface area contributed by atoms with E-state index in [2.05, 4.69) is 11.9 Å². The molecule has 16 heavy (non-hydrogen) atoms. The van der Waals surface area contributed by atoms with Gasteiger partial charge >= 0.3 is 0 Å². The third-order valence-electron chi connectivity index (χ3n) is 1.96. The highest BCUT2D eigenvalue weighted by atomic mass is 35.5. The predicted octanol–water partition coefficient (Wildman–Crippen LogP) is 3.27. The van der Waals surface area contributed by atoms with Crippen molar-refractivity contribution in [2.24, 2.45) is 0 Å². The van der Waals surface area contributed by atoms with Crippen LogP contribution in [-0.4, -0.2) is 11.4 Å². The number of carbonyl (C=O) groups is 1. The summed E-state index contributed by atoms with van der Waals surface area (Å²) in [5, 5.41) is 3.51. The van der Waals surface area contributed by atoms with E-state index in [9.17, 15) is 4.79 Å². The highest BCUT2D eigenvalue weighted by molar-refractivity contribution is 6.30. The average molecular weight is 238 g/mol. The van der Waals surface area contributed by atoms with Crippen molar-refractivity contribution >= 4 is 23.1 Å². The Kier molecular flexibility index (Phi) is 3.76. The Balaban J connectivity index is 2.79. The first-order chi connectivity index (χ1) is 7.29. The van der Waals surface area contributed by atoms with Crippen LogP contribution in [0.4, 0.5) is 0 Å². The van der Waals surface area contributed by atoms with E-state index in [1.807, 2.05) is 20.8 Å². The Morgan fingerprint density at radius 3 is 2.19 bits per heavy atom. The second-order valence-corrected chi connectivity index (χ2v) is 5.13. The van der Waals surface area contributed by atoms with Crippen LogP contribution in [0.25, 0.3) is 5.57 Å². The molecule has 0 spiro atoms. The van der Waals surface area contributed by atoms with Crippen molar-refractivity contribution in [1.82, 2.24) is 5.32 Å². The third-order valence-corrected chi connectivity index (χ3v) is 2.21. The fourth-order valence-corrected chi connectivity index (χ4v) is 1.32. The topological polar surface area (TPSA) is 29.1 Å². The molecule has 0 unspecified atom stereocenters. The van der Waals surface area contributed by atoms with E-state index in [4.69, 9.17) is 11.6 Å². The summed E-state index contributed by atoms with van der Waals surface area (Å²) in [5.74, 6) is -0.158. The number of halogens is 1. The van der Waals surface area contributed by atoms with Crippen molar-refractivity contribution in [1.29, 1.82) is 0 Å². The van der Waals surface area contributed by atoms with E-state index >= 15 is 0 Å². The van der Waals surface area contributed by atoms with E-state index in [1.165, 1.54) is 0 Å². The van der Waals surface area contributed by atoms with Crippen molar-refractivity contribution in [3.05, 3.63) is 41.4 Å². The van der Waals surface area contributed by atoms with Crippen LogP contribution in [0.15, 0.2) is 30.8 Å². The lowest BCUT2D eigenvalue weighted by Gasteiger charge is -2.21. The maximum atomic E-state index is 11.8. The van der Waals surface area contributed by atoms with Crippen molar-refractivity contribution in [3.63, 3.8) is 0 Å². The Morgan fingerprint density at radius 2 is 1.75 bits per heavy atom. The van der Waals surface area contributed by atoms with Gasteiger partial charge in [-0.2, -0.15) is 0 Å². The van der Waals surface area contributed by atoms with Crippen LogP contribution in [0, 0.1) is 0 Å². The van der Waals surface area contributed by atoms with Crippen LogP contribution in [0.1, 0.15) is 26.3 Å². The molecule has 3 heteroatoms. The summed E-state index contributed by atoms with van der Waals surface area (Å²) in [6, 6.07) is 7.05.